The van der Waals surface area contributed by atoms with E-state index < -0.39 is 0 Å². The summed E-state index contributed by atoms with van der Waals surface area (Å²) in [4.78, 5) is 20.1. The highest BCUT2D eigenvalue weighted by Gasteiger charge is 2.16. The van der Waals surface area contributed by atoms with Crippen molar-refractivity contribution >= 4 is 28.0 Å². The molecule has 0 amide bonds. The van der Waals surface area contributed by atoms with Crippen molar-refractivity contribution in [2.75, 3.05) is 18.4 Å². The number of nitrogens with zero attached hydrogens (tertiary/aromatic N) is 3. The lowest BCUT2D eigenvalue weighted by molar-refractivity contribution is -0.385. The highest BCUT2D eigenvalue weighted by Crippen LogP contribution is 2.30. The number of hydrogen-bond donors (Lipinski definition) is 2. The fourth-order valence-electron chi connectivity index (χ4n) is 3.87. The quantitative estimate of drug-likeness (QED) is 0.474. The van der Waals surface area contributed by atoms with E-state index in [2.05, 4.69) is 38.8 Å². The molecule has 30 heavy (non-hydrogen) atoms. The van der Waals surface area contributed by atoms with E-state index in [0.29, 0.717) is 5.82 Å². The van der Waals surface area contributed by atoms with Crippen LogP contribution in [0.1, 0.15) is 41.9 Å². The Kier molecular flexibility index (Phi) is 5.46. The SMILES string of the molecule is Cc1cc([C@@H](C)Nc2nc(C)nc3ccc(C4=CCNCC4)cc23)cc([N+](=O)[O-])c1. The monoisotopic (exact) mass is 403 g/mol. The standard InChI is InChI=1S/C23H25N5O2/c1-14-10-19(12-20(11-14)28(29)30)15(2)25-23-21-13-18(17-6-8-24-9-7-17)4-5-22(21)26-16(3)27-23/h4-6,10-13,15,24H,7-9H2,1-3H3,(H,25,26,27)/t15-/m1/s1. The molecule has 0 unspecified atom stereocenters. The lowest BCUT2D eigenvalue weighted by Gasteiger charge is -2.19. The Morgan fingerprint density at radius 3 is 2.73 bits per heavy atom. The molecule has 0 saturated heterocycles. The predicted octanol–water partition coefficient (Wildman–Crippen LogP) is 4.70. The molecule has 0 radical (unpaired) electrons. The van der Waals surface area contributed by atoms with E-state index in [4.69, 9.17) is 0 Å². The van der Waals surface area contributed by atoms with Gasteiger partial charge in [0.05, 0.1) is 16.5 Å². The van der Waals surface area contributed by atoms with Gasteiger partial charge >= 0.3 is 0 Å². The number of nitro benzene ring substituents is 1. The first-order valence-corrected chi connectivity index (χ1v) is 10.1. The van der Waals surface area contributed by atoms with Crippen LogP contribution < -0.4 is 10.6 Å². The summed E-state index contributed by atoms with van der Waals surface area (Å²) >= 11 is 0. The maximum atomic E-state index is 11.2. The van der Waals surface area contributed by atoms with Gasteiger partial charge in [-0.1, -0.05) is 18.2 Å². The zero-order valence-corrected chi connectivity index (χ0v) is 17.4. The van der Waals surface area contributed by atoms with Gasteiger partial charge in [0.15, 0.2) is 0 Å². The van der Waals surface area contributed by atoms with E-state index in [0.717, 1.165) is 47.4 Å². The minimum absolute atomic E-state index is 0.0995. The Bertz CT molecular complexity index is 1160. The average Bonchev–Trinajstić information content (AvgIpc) is 2.73. The maximum absolute atomic E-state index is 11.2. The molecule has 1 aliphatic rings. The average molecular weight is 403 g/mol. The molecule has 0 fully saturated rings. The third kappa shape index (κ3) is 4.16. The summed E-state index contributed by atoms with van der Waals surface area (Å²) in [7, 11) is 0. The Labute approximate surface area is 175 Å². The van der Waals surface area contributed by atoms with Crippen molar-refractivity contribution in [3.63, 3.8) is 0 Å². The number of aryl methyl sites for hydroxylation is 2. The third-order valence-corrected chi connectivity index (χ3v) is 5.39. The molecule has 7 nitrogen and oxygen atoms in total. The number of non-ortho nitro benzene ring substituents is 1. The summed E-state index contributed by atoms with van der Waals surface area (Å²) in [5, 5.41) is 19.0. The van der Waals surface area contributed by atoms with Crippen LogP contribution in [0.2, 0.25) is 0 Å². The van der Waals surface area contributed by atoms with Gasteiger partial charge in [-0.05, 0) is 68.1 Å². The summed E-state index contributed by atoms with van der Waals surface area (Å²) in [6.07, 6.45) is 3.21. The number of fused-ring (bicyclic) bond motifs is 1. The van der Waals surface area contributed by atoms with Crippen molar-refractivity contribution in [1.82, 2.24) is 15.3 Å². The van der Waals surface area contributed by atoms with Crippen LogP contribution in [0.4, 0.5) is 11.5 Å². The molecule has 3 aromatic rings. The van der Waals surface area contributed by atoms with Crippen LogP contribution in [0.25, 0.3) is 16.5 Å². The molecule has 1 atom stereocenters. The Balaban J connectivity index is 1.72. The number of hydrogen-bond acceptors (Lipinski definition) is 6. The molecule has 4 rings (SSSR count). The van der Waals surface area contributed by atoms with E-state index in [9.17, 15) is 10.1 Å². The van der Waals surface area contributed by atoms with E-state index in [1.54, 1.807) is 12.1 Å². The first-order chi connectivity index (χ1) is 14.4. The van der Waals surface area contributed by atoms with Crippen LogP contribution in [-0.2, 0) is 0 Å². The lowest BCUT2D eigenvalue weighted by atomic mass is 9.98. The second-order valence-corrected chi connectivity index (χ2v) is 7.76. The molecular weight excluding hydrogens is 378 g/mol. The Morgan fingerprint density at radius 1 is 1.17 bits per heavy atom. The first-order valence-electron chi connectivity index (χ1n) is 10.1. The van der Waals surface area contributed by atoms with Gasteiger partial charge in [-0.15, -0.1) is 0 Å². The lowest BCUT2D eigenvalue weighted by Crippen LogP contribution is -2.20. The van der Waals surface area contributed by atoms with Gasteiger partial charge in [0, 0.05) is 24.1 Å². The maximum Gasteiger partial charge on any atom is 0.270 e. The fourth-order valence-corrected chi connectivity index (χ4v) is 3.87. The van der Waals surface area contributed by atoms with Gasteiger partial charge in [0.1, 0.15) is 11.6 Å². The molecule has 2 N–H and O–H groups in total. The third-order valence-electron chi connectivity index (χ3n) is 5.39. The topological polar surface area (TPSA) is 93.0 Å². The summed E-state index contributed by atoms with van der Waals surface area (Å²) in [6.45, 7) is 7.58. The zero-order chi connectivity index (χ0) is 21.3. The minimum atomic E-state index is -0.355. The van der Waals surface area contributed by atoms with Gasteiger partial charge in [-0.3, -0.25) is 10.1 Å². The summed E-state index contributed by atoms with van der Waals surface area (Å²) in [5.74, 6) is 1.42. The van der Waals surface area contributed by atoms with E-state index >= 15 is 0 Å². The highest BCUT2D eigenvalue weighted by molar-refractivity contribution is 5.92. The number of benzene rings is 2. The molecule has 2 aromatic carbocycles. The van der Waals surface area contributed by atoms with Crippen LogP contribution in [0, 0.1) is 24.0 Å². The summed E-state index contributed by atoms with van der Waals surface area (Å²) < 4.78 is 0. The van der Waals surface area contributed by atoms with Gasteiger partial charge in [-0.25, -0.2) is 9.97 Å². The molecule has 0 aliphatic carbocycles. The van der Waals surface area contributed by atoms with Crippen molar-refractivity contribution in [2.45, 2.75) is 33.2 Å². The van der Waals surface area contributed by atoms with Crippen molar-refractivity contribution in [2.24, 2.45) is 0 Å². The first kappa shape index (κ1) is 20.0. The predicted molar refractivity (Wildman–Crippen MR) is 120 cm³/mol. The molecule has 0 saturated carbocycles. The molecule has 1 aliphatic heterocycles. The van der Waals surface area contributed by atoms with Crippen LogP contribution >= 0.6 is 0 Å². The van der Waals surface area contributed by atoms with E-state index in [1.807, 2.05) is 32.9 Å². The highest BCUT2D eigenvalue weighted by atomic mass is 16.6. The van der Waals surface area contributed by atoms with Crippen LogP contribution in [0.3, 0.4) is 0 Å². The Morgan fingerprint density at radius 2 is 2.00 bits per heavy atom. The van der Waals surface area contributed by atoms with Crippen LogP contribution in [0.5, 0.6) is 0 Å². The fraction of sp³-hybridized carbons (Fsp3) is 0.304. The van der Waals surface area contributed by atoms with Gasteiger partial charge < -0.3 is 10.6 Å². The molecule has 2 heterocycles. The number of nitrogens with one attached hydrogen (secondary N) is 2. The zero-order valence-electron chi connectivity index (χ0n) is 17.4. The van der Waals surface area contributed by atoms with Gasteiger partial charge in [0.25, 0.3) is 5.69 Å². The number of aromatic nitrogens is 2. The molecular formula is C23H25N5O2. The Hall–Kier alpha value is -3.32. The molecule has 0 spiro atoms. The van der Waals surface area contributed by atoms with E-state index in [1.165, 1.54) is 11.1 Å². The van der Waals surface area contributed by atoms with Crippen LogP contribution in [-0.4, -0.2) is 28.0 Å². The largest absolute Gasteiger partial charge is 0.363 e. The minimum Gasteiger partial charge on any atom is -0.363 e. The number of anilines is 1. The van der Waals surface area contributed by atoms with Gasteiger partial charge in [-0.2, -0.15) is 0 Å². The van der Waals surface area contributed by atoms with Gasteiger partial charge in [0.2, 0.25) is 0 Å². The summed E-state index contributed by atoms with van der Waals surface area (Å²) in [6, 6.07) is 11.3. The number of nitro groups is 1. The molecule has 7 heteroatoms. The summed E-state index contributed by atoms with van der Waals surface area (Å²) in [5.41, 5.74) is 5.19. The number of rotatable bonds is 5. The normalized spacial score (nSPS) is 15.0. The molecule has 1 aromatic heterocycles. The molecule has 0 bridgehead atoms. The van der Waals surface area contributed by atoms with Crippen molar-refractivity contribution in [3.8, 4) is 0 Å². The second-order valence-electron chi connectivity index (χ2n) is 7.76. The second kappa shape index (κ2) is 8.20. The van der Waals surface area contributed by atoms with Crippen LogP contribution in [0.15, 0.2) is 42.5 Å². The van der Waals surface area contributed by atoms with Crippen molar-refractivity contribution in [3.05, 3.63) is 75.1 Å². The smallest absolute Gasteiger partial charge is 0.270 e. The van der Waals surface area contributed by atoms with Crippen molar-refractivity contribution in [1.29, 1.82) is 0 Å². The van der Waals surface area contributed by atoms with Crippen molar-refractivity contribution < 1.29 is 4.92 Å². The van der Waals surface area contributed by atoms with E-state index in [-0.39, 0.29) is 16.7 Å². The molecule has 154 valence electrons.